The maximum Gasteiger partial charge on any atom is 0.259 e. The van der Waals surface area contributed by atoms with E-state index in [1.165, 1.54) is 0 Å². The molecule has 0 aromatic heterocycles. The number of phenols is 1. The number of benzene rings is 3. The van der Waals surface area contributed by atoms with Crippen molar-refractivity contribution in [3.63, 3.8) is 0 Å². The van der Waals surface area contributed by atoms with Crippen molar-refractivity contribution in [2.24, 2.45) is 0 Å². The number of carbonyl (C=O) groups is 1. The van der Waals surface area contributed by atoms with Crippen molar-refractivity contribution >= 4 is 45.0 Å². The molecule has 104 valence electrons. The normalized spacial score (nSPS) is 10.5. The van der Waals surface area contributed by atoms with Gasteiger partial charge < -0.3 is 10.4 Å². The summed E-state index contributed by atoms with van der Waals surface area (Å²) in [6.07, 6.45) is 0. The second kappa shape index (κ2) is 5.73. The number of halogens is 1. The summed E-state index contributed by atoms with van der Waals surface area (Å²) in [4.78, 5) is 12.3. The first-order valence-electron chi connectivity index (χ1n) is 6.42. The van der Waals surface area contributed by atoms with E-state index in [9.17, 15) is 9.90 Å². The van der Waals surface area contributed by atoms with Gasteiger partial charge in [-0.05, 0) is 63.7 Å². The summed E-state index contributed by atoms with van der Waals surface area (Å²) in [5.41, 5.74) is 0.979. The topological polar surface area (TPSA) is 49.3 Å². The molecule has 0 aliphatic heterocycles. The molecule has 0 bridgehead atoms. The minimum Gasteiger partial charge on any atom is -0.507 e. The van der Waals surface area contributed by atoms with Crippen LogP contribution in [0.4, 0.5) is 5.69 Å². The zero-order valence-electron chi connectivity index (χ0n) is 11.0. The molecule has 3 nitrogen and oxygen atoms in total. The van der Waals surface area contributed by atoms with E-state index in [1.54, 1.807) is 12.1 Å². The molecular formula is C17H12INO2. The number of carbonyl (C=O) groups excluding carboxylic acids is 1. The van der Waals surface area contributed by atoms with Crippen molar-refractivity contribution in [1.82, 2.24) is 0 Å². The Balaban J connectivity index is 1.96. The van der Waals surface area contributed by atoms with E-state index in [1.807, 2.05) is 48.5 Å². The van der Waals surface area contributed by atoms with Crippen molar-refractivity contribution in [1.29, 1.82) is 0 Å². The third-order valence-corrected chi connectivity index (χ3v) is 3.86. The molecule has 0 saturated heterocycles. The fourth-order valence-corrected chi connectivity index (χ4v) is 2.72. The highest BCUT2D eigenvalue weighted by atomic mass is 127. The van der Waals surface area contributed by atoms with Gasteiger partial charge in [0, 0.05) is 9.26 Å². The lowest BCUT2D eigenvalue weighted by molar-refractivity contribution is 0.102. The Labute approximate surface area is 135 Å². The van der Waals surface area contributed by atoms with Crippen molar-refractivity contribution in [3.05, 3.63) is 69.8 Å². The molecule has 3 aromatic rings. The smallest absolute Gasteiger partial charge is 0.259 e. The molecule has 0 aliphatic carbocycles. The summed E-state index contributed by atoms with van der Waals surface area (Å²) in [6.45, 7) is 0. The zero-order valence-corrected chi connectivity index (χ0v) is 13.2. The number of phenolic OH excluding ortho intramolecular Hbond substituents is 1. The average Bonchev–Trinajstić information content (AvgIpc) is 2.46. The fourth-order valence-electron chi connectivity index (χ4n) is 2.17. The Morgan fingerprint density at radius 3 is 2.38 bits per heavy atom. The number of hydrogen-bond donors (Lipinski definition) is 2. The largest absolute Gasteiger partial charge is 0.507 e. The molecular weight excluding hydrogens is 377 g/mol. The molecule has 0 aliphatic rings. The fraction of sp³-hybridized carbons (Fsp3) is 0. The molecule has 0 unspecified atom stereocenters. The van der Waals surface area contributed by atoms with E-state index < -0.39 is 0 Å². The molecule has 21 heavy (non-hydrogen) atoms. The van der Waals surface area contributed by atoms with Gasteiger partial charge in [0.05, 0.1) is 5.56 Å². The Kier molecular flexibility index (Phi) is 3.79. The summed E-state index contributed by atoms with van der Waals surface area (Å²) in [7, 11) is 0. The molecule has 4 heteroatoms. The van der Waals surface area contributed by atoms with Crippen molar-refractivity contribution in [2.45, 2.75) is 0 Å². The molecule has 3 aromatic carbocycles. The zero-order chi connectivity index (χ0) is 14.8. The average molecular weight is 389 g/mol. The summed E-state index contributed by atoms with van der Waals surface area (Å²) in [5.74, 6) is -0.336. The van der Waals surface area contributed by atoms with Crippen molar-refractivity contribution < 1.29 is 9.90 Å². The summed E-state index contributed by atoms with van der Waals surface area (Å²) < 4.78 is 1.04. The molecule has 0 atom stereocenters. The second-order valence-corrected chi connectivity index (χ2v) is 5.93. The minimum absolute atomic E-state index is 0.0168. The first kappa shape index (κ1) is 13.9. The Bertz CT molecular complexity index is 830. The maximum atomic E-state index is 12.3. The van der Waals surface area contributed by atoms with E-state index in [2.05, 4.69) is 27.9 Å². The standard InChI is InChI=1S/C17H12INO2/c18-13-6-3-7-14(10-13)19-17(21)15-8-11-4-1-2-5-12(11)9-16(15)20/h1-10,20H,(H,19,21). The molecule has 2 N–H and O–H groups in total. The Hall–Kier alpha value is -2.08. The van der Waals surface area contributed by atoms with E-state index in [-0.39, 0.29) is 17.2 Å². The summed E-state index contributed by atoms with van der Waals surface area (Å²) >= 11 is 2.18. The van der Waals surface area contributed by atoms with Crippen LogP contribution in [0, 0.1) is 3.57 Å². The van der Waals surface area contributed by atoms with E-state index in [0.717, 1.165) is 14.3 Å². The van der Waals surface area contributed by atoms with Crippen LogP contribution >= 0.6 is 22.6 Å². The first-order chi connectivity index (χ1) is 10.1. The predicted molar refractivity (Wildman–Crippen MR) is 92.7 cm³/mol. The van der Waals surface area contributed by atoms with Crippen LogP contribution in [0.15, 0.2) is 60.7 Å². The van der Waals surface area contributed by atoms with Crippen LogP contribution in [0.1, 0.15) is 10.4 Å². The van der Waals surface area contributed by atoms with E-state index in [0.29, 0.717) is 5.69 Å². The third-order valence-electron chi connectivity index (χ3n) is 3.19. The number of fused-ring (bicyclic) bond motifs is 1. The van der Waals surface area contributed by atoms with Crippen molar-refractivity contribution in [2.75, 3.05) is 5.32 Å². The maximum absolute atomic E-state index is 12.3. The van der Waals surface area contributed by atoms with Gasteiger partial charge in [-0.3, -0.25) is 4.79 Å². The molecule has 0 fully saturated rings. The van der Waals surface area contributed by atoms with Crippen LogP contribution in [-0.2, 0) is 0 Å². The van der Waals surface area contributed by atoms with Gasteiger partial charge in [0.25, 0.3) is 5.91 Å². The molecule has 0 radical (unpaired) electrons. The quantitative estimate of drug-likeness (QED) is 0.639. The lowest BCUT2D eigenvalue weighted by atomic mass is 10.1. The highest BCUT2D eigenvalue weighted by Gasteiger charge is 2.12. The summed E-state index contributed by atoms with van der Waals surface area (Å²) in [6, 6.07) is 18.4. The van der Waals surface area contributed by atoms with Crippen LogP contribution < -0.4 is 5.32 Å². The van der Waals surface area contributed by atoms with Gasteiger partial charge in [-0.2, -0.15) is 0 Å². The monoisotopic (exact) mass is 389 g/mol. The number of nitrogens with one attached hydrogen (secondary N) is 1. The van der Waals surface area contributed by atoms with Gasteiger partial charge in [-0.15, -0.1) is 0 Å². The highest BCUT2D eigenvalue weighted by Crippen LogP contribution is 2.26. The first-order valence-corrected chi connectivity index (χ1v) is 7.50. The number of anilines is 1. The number of amides is 1. The number of rotatable bonds is 2. The Morgan fingerprint density at radius 2 is 1.67 bits per heavy atom. The molecule has 3 rings (SSSR count). The van der Waals surface area contributed by atoms with Gasteiger partial charge >= 0.3 is 0 Å². The van der Waals surface area contributed by atoms with Crippen LogP contribution in [0.25, 0.3) is 10.8 Å². The van der Waals surface area contributed by atoms with Crippen LogP contribution in [0.3, 0.4) is 0 Å². The van der Waals surface area contributed by atoms with Crippen LogP contribution in [-0.4, -0.2) is 11.0 Å². The highest BCUT2D eigenvalue weighted by molar-refractivity contribution is 14.1. The lowest BCUT2D eigenvalue weighted by Crippen LogP contribution is -2.12. The van der Waals surface area contributed by atoms with Gasteiger partial charge in [0.2, 0.25) is 0 Å². The van der Waals surface area contributed by atoms with Gasteiger partial charge in [0.1, 0.15) is 5.75 Å². The molecule has 1 amide bonds. The minimum atomic E-state index is -0.319. The number of aromatic hydroxyl groups is 1. The predicted octanol–water partition coefficient (Wildman–Crippen LogP) is 4.40. The third kappa shape index (κ3) is 3.00. The molecule has 0 saturated carbocycles. The molecule has 0 spiro atoms. The lowest BCUT2D eigenvalue weighted by Gasteiger charge is -2.08. The Morgan fingerprint density at radius 1 is 0.952 bits per heavy atom. The SMILES string of the molecule is O=C(Nc1cccc(I)c1)c1cc2ccccc2cc1O. The van der Waals surface area contributed by atoms with Crippen LogP contribution in [0.5, 0.6) is 5.75 Å². The number of hydrogen-bond acceptors (Lipinski definition) is 2. The molecule has 0 heterocycles. The van der Waals surface area contributed by atoms with Gasteiger partial charge in [-0.25, -0.2) is 0 Å². The van der Waals surface area contributed by atoms with Crippen LogP contribution in [0.2, 0.25) is 0 Å². The van der Waals surface area contributed by atoms with Gasteiger partial charge in [0.15, 0.2) is 0 Å². The van der Waals surface area contributed by atoms with Gasteiger partial charge in [-0.1, -0.05) is 30.3 Å². The summed E-state index contributed by atoms with van der Waals surface area (Å²) in [5, 5.41) is 14.7. The second-order valence-electron chi connectivity index (χ2n) is 4.68. The van der Waals surface area contributed by atoms with E-state index in [4.69, 9.17) is 0 Å². The van der Waals surface area contributed by atoms with Crippen molar-refractivity contribution in [3.8, 4) is 5.75 Å². The van der Waals surface area contributed by atoms with E-state index >= 15 is 0 Å².